The summed E-state index contributed by atoms with van der Waals surface area (Å²) >= 11 is 0. The highest BCUT2D eigenvalue weighted by Gasteiger charge is 2.45. The van der Waals surface area contributed by atoms with E-state index < -0.39 is 0 Å². The summed E-state index contributed by atoms with van der Waals surface area (Å²) in [6.07, 6.45) is 0.681. The Kier molecular flexibility index (Phi) is 3.84. The van der Waals surface area contributed by atoms with Crippen molar-refractivity contribution in [3.05, 3.63) is 59.4 Å². The zero-order valence-electron chi connectivity index (χ0n) is 12.6. The van der Waals surface area contributed by atoms with E-state index in [1.807, 2.05) is 25.1 Å². The van der Waals surface area contributed by atoms with Crippen LogP contribution in [0.15, 0.2) is 42.5 Å². The van der Waals surface area contributed by atoms with Crippen molar-refractivity contribution < 1.29 is 13.9 Å². The lowest BCUT2D eigenvalue weighted by Crippen LogP contribution is -2.15. The fourth-order valence-corrected chi connectivity index (χ4v) is 2.75. The maximum absolute atomic E-state index is 13.8. The Morgan fingerprint density at radius 1 is 1.27 bits per heavy atom. The molecule has 0 aliphatic heterocycles. The van der Waals surface area contributed by atoms with Crippen molar-refractivity contribution in [1.29, 1.82) is 0 Å². The highest BCUT2D eigenvalue weighted by molar-refractivity contribution is 5.96. The fourth-order valence-electron chi connectivity index (χ4n) is 2.75. The number of hydrogen-bond acceptors (Lipinski definition) is 2. The second-order valence-electron chi connectivity index (χ2n) is 5.66. The summed E-state index contributed by atoms with van der Waals surface area (Å²) in [5.74, 6) is 0.0919. The van der Waals surface area contributed by atoms with Gasteiger partial charge >= 0.3 is 0 Å². The molecule has 1 N–H and O–H groups in total. The molecule has 2 aromatic rings. The molecule has 1 aliphatic carbocycles. The van der Waals surface area contributed by atoms with Gasteiger partial charge in [-0.1, -0.05) is 24.3 Å². The Labute approximate surface area is 129 Å². The van der Waals surface area contributed by atoms with Gasteiger partial charge in [-0.05, 0) is 48.6 Å². The molecule has 0 spiro atoms. The van der Waals surface area contributed by atoms with Crippen molar-refractivity contribution in [2.45, 2.75) is 19.3 Å². The molecule has 114 valence electrons. The first-order valence-corrected chi connectivity index (χ1v) is 7.30. The summed E-state index contributed by atoms with van der Waals surface area (Å²) in [6, 6.07) is 12.3. The number of halogens is 1. The predicted molar refractivity (Wildman–Crippen MR) is 83.6 cm³/mol. The number of benzene rings is 2. The zero-order valence-corrected chi connectivity index (χ0v) is 12.6. The van der Waals surface area contributed by atoms with Gasteiger partial charge < -0.3 is 10.1 Å². The molecule has 1 saturated carbocycles. The van der Waals surface area contributed by atoms with Crippen LogP contribution in [-0.4, -0.2) is 13.0 Å². The van der Waals surface area contributed by atoms with Crippen molar-refractivity contribution in [2.24, 2.45) is 5.92 Å². The first-order valence-electron chi connectivity index (χ1n) is 7.30. The first kappa shape index (κ1) is 14.6. The van der Waals surface area contributed by atoms with Crippen molar-refractivity contribution >= 4 is 11.6 Å². The van der Waals surface area contributed by atoms with E-state index in [9.17, 15) is 9.18 Å². The number of amides is 1. The smallest absolute Gasteiger partial charge is 0.228 e. The van der Waals surface area contributed by atoms with Crippen LogP contribution in [0.2, 0.25) is 0 Å². The molecule has 3 rings (SSSR count). The minimum atomic E-state index is -0.240. The van der Waals surface area contributed by atoms with E-state index in [2.05, 4.69) is 5.32 Å². The molecule has 0 radical (unpaired) electrons. The summed E-state index contributed by atoms with van der Waals surface area (Å²) in [6.45, 7) is 1.95. The van der Waals surface area contributed by atoms with E-state index in [0.29, 0.717) is 23.4 Å². The maximum atomic E-state index is 13.8. The van der Waals surface area contributed by atoms with Crippen LogP contribution in [0.3, 0.4) is 0 Å². The van der Waals surface area contributed by atoms with Crippen LogP contribution >= 0.6 is 0 Å². The molecule has 0 bridgehead atoms. The third-order valence-electron chi connectivity index (χ3n) is 4.04. The largest absolute Gasteiger partial charge is 0.495 e. The van der Waals surface area contributed by atoms with Crippen molar-refractivity contribution in [2.75, 3.05) is 12.4 Å². The minimum absolute atomic E-state index is 0.0306. The number of methoxy groups -OCH3 is 1. The monoisotopic (exact) mass is 299 g/mol. The number of rotatable bonds is 4. The van der Waals surface area contributed by atoms with E-state index in [-0.39, 0.29) is 23.6 Å². The number of carbonyl (C=O) groups is 1. The second kappa shape index (κ2) is 5.79. The average Bonchev–Trinajstić information content (AvgIpc) is 3.28. The van der Waals surface area contributed by atoms with Gasteiger partial charge in [0.05, 0.1) is 12.8 Å². The summed E-state index contributed by atoms with van der Waals surface area (Å²) < 4.78 is 19.0. The number of aryl methyl sites for hydroxylation is 1. The molecule has 4 heteroatoms. The number of carbonyl (C=O) groups excluding carboxylic acids is 1. The molecule has 0 aromatic heterocycles. The summed E-state index contributed by atoms with van der Waals surface area (Å²) in [7, 11) is 1.57. The normalized spacial score (nSPS) is 19.6. The lowest BCUT2D eigenvalue weighted by molar-refractivity contribution is -0.117. The summed E-state index contributed by atoms with van der Waals surface area (Å²) in [5.41, 5.74) is 2.32. The van der Waals surface area contributed by atoms with E-state index in [1.165, 1.54) is 6.07 Å². The Bertz CT molecular complexity index is 714. The number of nitrogens with one attached hydrogen (secondary N) is 1. The SMILES string of the molecule is COc1ccc(C)cc1NC(=O)[C@H]1C[C@@H]1c1ccccc1F. The van der Waals surface area contributed by atoms with Crippen molar-refractivity contribution in [3.8, 4) is 5.75 Å². The maximum Gasteiger partial charge on any atom is 0.228 e. The van der Waals surface area contributed by atoms with Crippen LogP contribution in [0.25, 0.3) is 0 Å². The highest BCUT2D eigenvalue weighted by Crippen LogP contribution is 2.49. The lowest BCUT2D eigenvalue weighted by Gasteiger charge is -2.11. The molecular formula is C18H18FNO2. The minimum Gasteiger partial charge on any atom is -0.495 e. The van der Waals surface area contributed by atoms with Gasteiger partial charge in [0.25, 0.3) is 0 Å². The molecule has 0 unspecified atom stereocenters. The standard InChI is InChI=1S/C18H18FNO2/c1-11-7-8-17(22-2)16(9-11)20-18(21)14-10-13(14)12-5-3-4-6-15(12)19/h3-9,13-14H,10H2,1-2H3,(H,20,21)/t13-,14+/m1/s1. The molecule has 1 fully saturated rings. The van der Waals surface area contributed by atoms with Gasteiger partial charge in [0.15, 0.2) is 0 Å². The molecule has 1 amide bonds. The second-order valence-corrected chi connectivity index (χ2v) is 5.66. The van der Waals surface area contributed by atoms with Gasteiger partial charge in [-0.2, -0.15) is 0 Å². The molecule has 22 heavy (non-hydrogen) atoms. The Morgan fingerprint density at radius 2 is 2.05 bits per heavy atom. The van der Waals surface area contributed by atoms with Crippen LogP contribution in [0.1, 0.15) is 23.5 Å². The predicted octanol–water partition coefficient (Wildman–Crippen LogP) is 3.88. The molecule has 0 saturated heterocycles. The summed E-state index contributed by atoms with van der Waals surface area (Å²) in [5, 5.41) is 2.90. The lowest BCUT2D eigenvalue weighted by atomic mass is 10.1. The Morgan fingerprint density at radius 3 is 2.77 bits per heavy atom. The highest BCUT2D eigenvalue weighted by atomic mass is 19.1. The molecule has 2 atom stereocenters. The third kappa shape index (κ3) is 2.82. The van der Waals surface area contributed by atoms with E-state index >= 15 is 0 Å². The Hall–Kier alpha value is -2.36. The van der Waals surface area contributed by atoms with Crippen LogP contribution in [0.4, 0.5) is 10.1 Å². The van der Waals surface area contributed by atoms with Crippen LogP contribution in [0, 0.1) is 18.7 Å². The zero-order chi connectivity index (χ0) is 15.7. The van der Waals surface area contributed by atoms with Gasteiger partial charge in [0.2, 0.25) is 5.91 Å². The molecule has 1 aliphatic rings. The fraction of sp³-hybridized carbons (Fsp3) is 0.278. The van der Waals surface area contributed by atoms with Crippen molar-refractivity contribution in [3.63, 3.8) is 0 Å². The topological polar surface area (TPSA) is 38.3 Å². The van der Waals surface area contributed by atoms with Crippen LogP contribution in [-0.2, 0) is 4.79 Å². The molecule has 0 heterocycles. The van der Waals surface area contributed by atoms with Crippen molar-refractivity contribution in [1.82, 2.24) is 0 Å². The van der Waals surface area contributed by atoms with Gasteiger partial charge in [-0.25, -0.2) is 4.39 Å². The first-order chi connectivity index (χ1) is 10.6. The van der Waals surface area contributed by atoms with Gasteiger partial charge in [-0.15, -0.1) is 0 Å². The average molecular weight is 299 g/mol. The Balaban J connectivity index is 1.72. The number of ether oxygens (including phenoxy) is 1. The molecular weight excluding hydrogens is 281 g/mol. The quantitative estimate of drug-likeness (QED) is 0.930. The van der Waals surface area contributed by atoms with E-state index in [4.69, 9.17) is 4.74 Å². The number of anilines is 1. The summed E-state index contributed by atoms with van der Waals surface area (Å²) in [4.78, 5) is 12.4. The molecule has 3 nitrogen and oxygen atoms in total. The van der Waals surface area contributed by atoms with Crippen LogP contribution in [0.5, 0.6) is 5.75 Å². The third-order valence-corrected chi connectivity index (χ3v) is 4.04. The van der Waals surface area contributed by atoms with Gasteiger partial charge in [0.1, 0.15) is 11.6 Å². The van der Waals surface area contributed by atoms with E-state index in [1.54, 1.807) is 25.3 Å². The van der Waals surface area contributed by atoms with Crippen LogP contribution < -0.4 is 10.1 Å². The number of hydrogen-bond donors (Lipinski definition) is 1. The van der Waals surface area contributed by atoms with Gasteiger partial charge in [0, 0.05) is 5.92 Å². The van der Waals surface area contributed by atoms with E-state index in [0.717, 1.165) is 5.56 Å². The van der Waals surface area contributed by atoms with Gasteiger partial charge in [-0.3, -0.25) is 4.79 Å². The molecule has 2 aromatic carbocycles.